The van der Waals surface area contributed by atoms with E-state index >= 15 is 0 Å². The topological polar surface area (TPSA) is 126 Å². The van der Waals surface area contributed by atoms with Gasteiger partial charge in [0.25, 0.3) is 0 Å². The molecule has 494 valence electrons. The van der Waals surface area contributed by atoms with Gasteiger partial charge in [0.05, 0.1) is 38.6 Å². The molecule has 1 N–H and O–H groups in total. The summed E-state index contributed by atoms with van der Waals surface area (Å²) in [6, 6.07) is 69.2. The Morgan fingerprint density at radius 2 is 0.564 bits per heavy atom. The van der Waals surface area contributed by atoms with Crippen molar-refractivity contribution in [1.29, 1.82) is 0 Å². The highest BCUT2D eigenvalue weighted by Crippen LogP contribution is 2.45. The monoisotopic (exact) mass is 1270 g/mol. The Hall–Kier alpha value is -7.64. The maximum atomic E-state index is 11.9. The van der Waals surface area contributed by atoms with Crippen molar-refractivity contribution in [2.75, 3.05) is 52.9 Å². The fourth-order valence-electron chi connectivity index (χ4n) is 13.5. The summed E-state index contributed by atoms with van der Waals surface area (Å²) in [5.74, 6) is 4.81. The van der Waals surface area contributed by atoms with Crippen LogP contribution in [0.2, 0.25) is 0 Å². The average molecular weight is 1270 g/mol. The van der Waals surface area contributed by atoms with Crippen LogP contribution in [0, 0.1) is 0 Å². The highest BCUT2D eigenvalue weighted by Gasteiger charge is 2.40. The second-order valence-corrected chi connectivity index (χ2v) is 27.9. The van der Waals surface area contributed by atoms with Crippen LogP contribution in [0.1, 0.15) is 163 Å². The molecule has 0 radical (unpaired) electrons. The second kappa shape index (κ2) is 28.0. The number of aliphatic hydroxyl groups excluding tert-OH is 1. The Labute approximate surface area is 558 Å². The molecule has 4 aliphatic rings. The molecular weight excluding hydrogens is 1170 g/mol. The van der Waals surface area contributed by atoms with Crippen molar-refractivity contribution >= 4 is 0 Å². The van der Waals surface area contributed by atoms with Crippen LogP contribution in [0.25, 0.3) is 0 Å². The largest absolute Gasteiger partial charge is 0.491 e. The van der Waals surface area contributed by atoms with E-state index in [0.29, 0.717) is 44.8 Å². The van der Waals surface area contributed by atoms with Gasteiger partial charge in [-0.3, -0.25) is 0 Å². The van der Waals surface area contributed by atoms with Crippen LogP contribution in [-0.4, -0.2) is 99.7 Å². The van der Waals surface area contributed by atoms with Crippen molar-refractivity contribution in [3.8, 4) is 34.5 Å². The summed E-state index contributed by atoms with van der Waals surface area (Å²) >= 11 is 0. The minimum atomic E-state index is -0.793. The van der Waals surface area contributed by atoms with E-state index in [9.17, 15) is 5.11 Å². The van der Waals surface area contributed by atoms with Gasteiger partial charge in [0.2, 0.25) is 0 Å². The molecule has 8 aromatic carbocycles. The summed E-state index contributed by atoms with van der Waals surface area (Å²) in [4.78, 5) is 0. The van der Waals surface area contributed by atoms with Gasteiger partial charge in [0.15, 0.2) is 0 Å². The second-order valence-electron chi connectivity index (χ2n) is 27.9. The van der Waals surface area contributed by atoms with Gasteiger partial charge in [0, 0.05) is 34.5 Å². The molecule has 7 unspecified atom stereocenters. The summed E-state index contributed by atoms with van der Waals surface area (Å²) in [6.45, 7) is 27.3. The number of ether oxygens (including phenoxy) is 10. The molecule has 4 aliphatic heterocycles. The van der Waals surface area contributed by atoms with Crippen molar-refractivity contribution in [2.24, 2.45) is 0 Å². The molecule has 94 heavy (non-hydrogen) atoms. The maximum absolute atomic E-state index is 11.9. The number of epoxide rings is 4. The van der Waals surface area contributed by atoms with E-state index in [1.54, 1.807) is 0 Å². The smallest absolute Gasteiger partial charge is 0.120 e. The lowest BCUT2D eigenvalue weighted by Crippen LogP contribution is -2.40. The lowest BCUT2D eigenvalue weighted by atomic mass is 9.70. The van der Waals surface area contributed by atoms with Gasteiger partial charge in [-0.25, -0.2) is 0 Å². The van der Waals surface area contributed by atoms with E-state index in [1.807, 2.05) is 12.1 Å². The van der Waals surface area contributed by atoms with E-state index < -0.39 is 22.5 Å². The first-order valence-corrected chi connectivity index (χ1v) is 34.2. The van der Waals surface area contributed by atoms with Gasteiger partial charge < -0.3 is 52.5 Å². The highest BCUT2D eigenvalue weighted by atomic mass is 16.6. The molecular formula is C83H96O11. The van der Waals surface area contributed by atoms with E-state index in [-0.39, 0.29) is 47.5 Å². The van der Waals surface area contributed by atoms with Crippen LogP contribution < -0.4 is 28.4 Å². The fourth-order valence-corrected chi connectivity index (χ4v) is 13.5. The standard InChI is InChI=1S/C83H96O11/c1-11-82(12-2,93-72-43-31-65(32-44-72)81(10,64-29-41-71(42-30-64)88-53-77-56-92-77)62-21-17-58(18-22-62)79(7,8)60-25-37-70(38-26-60)87-52-76-55-91-76)47-67(84)49-85-68-39-27-63(28-40-68)80(9,66-33-45-73(46-34-66)94-83(13-3,14-4)48-74-50-89-74)61-19-15-57(16-20-61)78(5,6)59-23-35-69(36-24-59)86-51-75-54-90-75/h15-46,67,74-77,84H,11-14,47-56H2,1-10H3. The van der Waals surface area contributed by atoms with Crippen molar-refractivity contribution in [3.63, 3.8) is 0 Å². The first kappa shape index (κ1) is 66.4. The quantitative estimate of drug-likeness (QED) is 0.0306. The van der Waals surface area contributed by atoms with Crippen molar-refractivity contribution in [1.82, 2.24) is 0 Å². The molecule has 4 saturated heterocycles. The maximum Gasteiger partial charge on any atom is 0.120 e. The summed E-state index contributed by atoms with van der Waals surface area (Å²) in [6.07, 6.45) is 4.54. The van der Waals surface area contributed by atoms with Gasteiger partial charge >= 0.3 is 0 Å². The van der Waals surface area contributed by atoms with Gasteiger partial charge in [-0.2, -0.15) is 0 Å². The summed E-state index contributed by atoms with van der Waals surface area (Å²) < 4.78 is 60.1. The molecule has 11 heteroatoms. The predicted octanol–water partition coefficient (Wildman–Crippen LogP) is 16.9. The first-order valence-electron chi connectivity index (χ1n) is 34.2. The summed E-state index contributed by atoms with van der Waals surface area (Å²) in [5.41, 5.74) is 9.12. The van der Waals surface area contributed by atoms with E-state index in [1.165, 1.54) is 22.3 Å². The zero-order valence-electron chi connectivity index (χ0n) is 56.8. The van der Waals surface area contributed by atoms with E-state index in [2.05, 4.69) is 251 Å². The van der Waals surface area contributed by atoms with Crippen LogP contribution in [0.4, 0.5) is 0 Å². The van der Waals surface area contributed by atoms with Crippen molar-refractivity contribution in [2.45, 2.75) is 171 Å². The van der Waals surface area contributed by atoms with Crippen LogP contribution in [0.3, 0.4) is 0 Å². The number of rotatable bonds is 34. The Balaban J connectivity index is 0.739. The SMILES string of the molecule is CCC(CC)(CC(O)COc1ccc(C(C)(c2ccc(OC(CC)(CC)CC3CO3)cc2)c2ccc(C(C)(C)c3ccc(OCC4CO4)cc3)cc2)cc1)Oc1ccc(C(C)(c2ccc(OCC3CO3)cc2)c2ccc(C(C)(C)c3ccc(OCC4CO4)cc3)cc2)cc1. The molecule has 0 bridgehead atoms. The number of hydrogen-bond donors (Lipinski definition) is 1. The third-order valence-corrected chi connectivity index (χ3v) is 21.1. The molecule has 11 nitrogen and oxygen atoms in total. The molecule has 0 aliphatic carbocycles. The molecule has 0 saturated carbocycles. The average Bonchev–Trinajstić information content (AvgIpc) is 1.31. The summed E-state index contributed by atoms with van der Waals surface area (Å²) in [7, 11) is 0. The van der Waals surface area contributed by atoms with Crippen molar-refractivity contribution < 1.29 is 52.5 Å². The fraction of sp³-hybridized carbons (Fsp3) is 0.422. The molecule has 7 atom stereocenters. The van der Waals surface area contributed by atoms with E-state index in [0.717, 1.165) is 108 Å². The van der Waals surface area contributed by atoms with E-state index in [4.69, 9.17) is 47.4 Å². The predicted molar refractivity (Wildman–Crippen MR) is 371 cm³/mol. The highest BCUT2D eigenvalue weighted by molar-refractivity contribution is 5.55. The minimum Gasteiger partial charge on any atom is -0.491 e. The van der Waals surface area contributed by atoms with Gasteiger partial charge in [-0.1, -0.05) is 177 Å². The number of aliphatic hydroxyl groups is 1. The minimum absolute atomic E-state index is 0.110. The first-order chi connectivity index (χ1) is 45.3. The van der Waals surface area contributed by atoms with Crippen LogP contribution in [-0.2, 0) is 40.6 Å². The lowest BCUT2D eigenvalue weighted by molar-refractivity contribution is -0.00986. The van der Waals surface area contributed by atoms with Gasteiger partial charge in [0.1, 0.15) is 90.4 Å². The molecule has 4 fully saturated rings. The van der Waals surface area contributed by atoms with Crippen LogP contribution in [0.15, 0.2) is 194 Å². The third kappa shape index (κ3) is 15.2. The normalized spacial score (nSPS) is 19.2. The molecule has 8 aromatic rings. The molecule has 0 aromatic heterocycles. The zero-order valence-corrected chi connectivity index (χ0v) is 56.8. The number of hydrogen-bond acceptors (Lipinski definition) is 11. The Morgan fingerprint density at radius 3 is 0.840 bits per heavy atom. The Bertz CT molecular complexity index is 3710. The van der Waals surface area contributed by atoms with Gasteiger partial charge in [-0.05, 0) is 168 Å². The van der Waals surface area contributed by atoms with Crippen LogP contribution >= 0.6 is 0 Å². The summed E-state index contributed by atoms with van der Waals surface area (Å²) in [5, 5.41) is 11.9. The molecule has 0 amide bonds. The Kier molecular flexibility index (Phi) is 19.8. The number of benzene rings is 8. The van der Waals surface area contributed by atoms with Crippen LogP contribution in [0.5, 0.6) is 34.5 Å². The molecule has 12 rings (SSSR count). The lowest BCUT2D eigenvalue weighted by Gasteiger charge is -2.36. The van der Waals surface area contributed by atoms with Gasteiger partial charge in [-0.15, -0.1) is 0 Å². The zero-order chi connectivity index (χ0) is 65.7. The molecule has 0 spiro atoms. The molecule has 4 heterocycles. The van der Waals surface area contributed by atoms with Crippen molar-refractivity contribution in [3.05, 3.63) is 250 Å². The third-order valence-electron chi connectivity index (χ3n) is 21.1. The Morgan fingerprint density at radius 1 is 0.330 bits per heavy atom.